The predicted molar refractivity (Wildman–Crippen MR) is 114 cm³/mol. The number of rotatable bonds is 8. The Morgan fingerprint density at radius 1 is 1.16 bits per heavy atom. The number of non-ortho nitro benzene ring substituents is 1. The van der Waals surface area contributed by atoms with E-state index in [9.17, 15) is 23.3 Å². The molecule has 1 atom stereocenters. The smallest absolute Gasteiger partial charge is 0.332 e. The van der Waals surface area contributed by atoms with E-state index in [-0.39, 0.29) is 22.9 Å². The SMILES string of the molecule is CCOC(=O)/C=C1\c2ccccc2C(C(OC)OC)N1S(=O)(=O)c1ccc([N+](=O)[O-])cc1. The van der Waals surface area contributed by atoms with E-state index >= 15 is 0 Å². The number of carbonyl (C=O) groups is 1. The van der Waals surface area contributed by atoms with Crippen LogP contribution in [-0.2, 0) is 29.0 Å². The highest BCUT2D eigenvalue weighted by Crippen LogP contribution is 2.47. The van der Waals surface area contributed by atoms with E-state index in [1.807, 2.05) is 0 Å². The van der Waals surface area contributed by atoms with Gasteiger partial charge in [0.1, 0.15) is 6.04 Å². The maximum Gasteiger partial charge on any atom is 0.332 e. The summed E-state index contributed by atoms with van der Waals surface area (Å²) in [6.07, 6.45) is 0.102. The Hall–Kier alpha value is -3.28. The van der Waals surface area contributed by atoms with Gasteiger partial charge in [-0.2, -0.15) is 0 Å². The number of nitrogens with zero attached hydrogens (tertiary/aromatic N) is 2. The summed E-state index contributed by atoms with van der Waals surface area (Å²) in [5.74, 6) is -0.715. The third-order valence-electron chi connectivity index (χ3n) is 4.91. The maximum absolute atomic E-state index is 13.7. The molecule has 0 saturated heterocycles. The third kappa shape index (κ3) is 4.22. The average molecular weight is 462 g/mol. The summed E-state index contributed by atoms with van der Waals surface area (Å²) < 4.78 is 44.3. The standard InChI is InChI=1S/C21H22N2O8S/c1-4-31-19(24)13-18-16-7-5-6-8-17(16)20(21(29-2)30-3)22(18)32(27,28)15-11-9-14(10-12-15)23(25)26/h5-13,20-21H,4H2,1-3H3/b18-13+. The normalized spacial score (nSPS) is 16.9. The molecule has 3 rings (SSSR count). The van der Waals surface area contributed by atoms with Gasteiger partial charge >= 0.3 is 5.97 Å². The van der Waals surface area contributed by atoms with Gasteiger partial charge in [0.15, 0.2) is 6.29 Å². The zero-order chi connectivity index (χ0) is 23.5. The molecular formula is C21H22N2O8S. The Balaban J connectivity index is 2.23. The molecule has 0 aromatic heterocycles. The van der Waals surface area contributed by atoms with Crippen molar-refractivity contribution in [2.45, 2.75) is 24.2 Å². The quantitative estimate of drug-likeness (QED) is 0.193. The van der Waals surface area contributed by atoms with Crippen molar-refractivity contribution in [3.05, 3.63) is 75.8 Å². The number of hydrogen-bond donors (Lipinski definition) is 0. The lowest BCUT2D eigenvalue weighted by molar-refractivity contribution is -0.384. The van der Waals surface area contributed by atoms with Crippen LogP contribution in [0.25, 0.3) is 5.70 Å². The number of ether oxygens (including phenoxy) is 3. The van der Waals surface area contributed by atoms with E-state index in [2.05, 4.69) is 0 Å². The average Bonchev–Trinajstić information content (AvgIpc) is 3.10. The van der Waals surface area contributed by atoms with Crippen molar-refractivity contribution in [1.82, 2.24) is 4.31 Å². The number of nitro benzene ring substituents is 1. The van der Waals surface area contributed by atoms with Crippen molar-refractivity contribution in [3.8, 4) is 0 Å². The van der Waals surface area contributed by atoms with Crippen molar-refractivity contribution in [2.75, 3.05) is 20.8 Å². The number of hydrogen-bond acceptors (Lipinski definition) is 8. The topological polar surface area (TPSA) is 125 Å². The molecule has 1 aliphatic rings. The minimum Gasteiger partial charge on any atom is -0.463 e. The molecule has 32 heavy (non-hydrogen) atoms. The first kappa shape index (κ1) is 23.4. The fraction of sp³-hybridized carbons (Fsp3) is 0.286. The summed E-state index contributed by atoms with van der Waals surface area (Å²) in [7, 11) is -1.55. The van der Waals surface area contributed by atoms with Crippen LogP contribution in [0.3, 0.4) is 0 Å². The van der Waals surface area contributed by atoms with Crippen LogP contribution in [0, 0.1) is 10.1 Å². The first-order chi connectivity index (χ1) is 15.3. The second-order valence-electron chi connectivity index (χ2n) is 6.71. The Labute approximate surface area is 185 Å². The van der Waals surface area contributed by atoms with Crippen LogP contribution in [0.15, 0.2) is 59.5 Å². The minimum absolute atomic E-state index is 0.0847. The highest BCUT2D eigenvalue weighted by molar-refractivity contribution is 7.89. The molecule has 0 aliphatic carbocycles. The minimum atomic E-state index is -4.30. The van der Waals surface area contributed by atoms with Crippen LogP contribution in [-0.4, -0.2) is 50.7 Å². The molecule has 10 nitrogen and oxygen atoms in total. The molecule has 0 fully saturated rings. The van der Waals surface area contributed by atoms with Gasteiger partial charge in [-0.15, -0.1) is 0 Å². The Morgan fingerprint density at radius 3 is 2.34 bits per heavy atom. The van der Waals surface area contributed by atoms with E-state index in [4.69, 9.17) is 14.2 Å². The largest absolute Gasteiger partial charge is 0.463 e. The van der Waals surface area contributed by atoms with Crippen molar-refractivity contribution in [3.63, 3.8) is 0 Å². The molecule has 1 aliphatic heterocycles. The molecule has 170 valence electrons. The molecule has 0 N–H and O–H groups in total. The summed E-state index contributed by atoms with van der Waals surface area (Å²) in [6, 6.07) is 10.4. The molecule has 0 bridgehead atoms. The van der Waals surface area contributed by atoms with E-state index in [1.165, 1.54) is 14.2 Å². The van der Waals surface area contributed by atoms with Crippen LogP contribution >= 0.6 is 0 Å². The summed E-state index contributed by atoms with van der Waals surface area (Å²) >= 11 is 0. The van der Waals surface area contributed by atoms with Crippen molar-refractivity contribution < 1.29 is 32.3 Å². The first-order valence-corrected chi connectivity index (χ1v) is 11.0. The van der Waals surface area contributed by atoms with Gasteiger partial charge in [0, 0.05) is 38.0 Å². The van der Waals surface area contributed by atoms with Crippen LogP contribution in [0.1, 0.15) is 24.1 Å². The van der Waals surface area contributed by atoms with Gasteiger partial charge in [-0.05, 0) is 24.6 Å². The molecule has 1 heterocycles. The predicted octanol–water partition coefficient (Wildman–Crippen LogP) is 2.86. The number of fused-ring (bicyclic) bond motifs is 1. The molecule has 0 saturated carbocycles. The Morgan fingerprint density at radius 2 is 1.78 bits per heavy atom. The molecule has 2 aromatic carbocycles. The summed E-state index contributed by atoms with van der Waals surface area (Å²) in [6.45, 7) is 1.75. The van der Waals surface area contributed by atoms with E-state index in [0.717, 1.165) is 34.6 Å². The number of sulfonamides is 1. The van der Waals surface area contributed by atoms with Gasteiger partial charge in [-0.1, -0.05) is 24.3 Å². The molecule has 0 amide bonds. The van der Waals surface area contributed by atoms with Crippen molar-refractivity contribution >= 4 is 27.4 Å². The van der Waals surface area contributed by atoms with Crippen molar-refractivity contribution in [2.24, 2.45) is 0 Å². The van der Waals surface area contributed by atoms with Gasteiger partial charge in [0.2, 0.25) is 0 Å². The second-order valence-corrected chi connectivity index (χ2v) is 8.52. The van der Waals surface area contributed by atoms with Crippen LogP contribution in [0.5, 0.6) is 0 Å². The van der Waals surface area contributed by atoms with Crippen LogP contribution in [0.4, 0.5) is 5.69 Å². The van der Waals surface area contributed by atoms with Crippen LogP contribution < -0.4 is 0 Å². The van der Waals surface area contributed by atoms with E-state index in [0.29, 0.717) is 11.1 Å². The summed E-state index contributed by atoms with van der Waals surface area (Å²) in [5, 5.41) is 11.0. The van der Waals surface area contributed by atoms with Gasteiger partial charge in [0.05, 0.1) is 22.1 Å². The third-order valence-corrected chi connectivity index (χ3v) is 6.72. The maximum atomic E-state index is 13.7. The number of nitro groups is 1. The number of methoxy groups -OCH3 is 2. The monoisotopic (exact) mass is 462 g/mol. The molecule has 0 radical (unpaired) electrons. The molecular weight excluding hydrogens is 440 g/mol. The highest BCUT2D eigenvalue weighted by Gasteiger charge is 2.46. The molecule has 11 heteroatoms. The molecule has 0 spiro atoms. The lowest BCUT2D eigenvalue weighted by Crippen LogP contribution is -2.37. The Bertz CT molecular complexity index is 1140. The zero-order valence-corrected chi connectivity index (χ0v) is 18.4. The second kappa shape index (κ2) is 9.47. The van der Waals surface area contributed by atoms with Gasteiger partial charge < -0.3 is 14.2 Å². The zero-order valence-electron chi connectivity index (χ0n) is 17.6. The van der Waals surface area contributed by atoms with Gasteiger partial charge in [0.25, 0.3) is 15.7 Å². The Kier molecular flexibility index (Phi) is 6.92. The highest BCUT2D eigenvalue weighted by atomic mass is 32.2. The molecule has 2 aromatic rings. The fourth-order valence-corrected chi connectivity index (χ4v) is 5.19. The lowest BCUT2D eigenvalue weighted by atomic mass is 10.0. The summed E-state index contributed by atoms with van der Waals surface area (Å²) in [5.41, 5.74) is 0.901. The summed E-state index contributed by atoms with van der Waals surface area (Å²) in [4.78, 5) is 22.5. The van der Waals surface area contributed by atoms with Gasteiger partial charge in [-0.3, -0.25) is 14.4 Å². The van der Waals surface area contributed by atoms with Crippen molar-refractivity contribution in [1.29, 1.82) is 0 Å². The fourth-order valence-electron chi connectivity index (χ4n) is 3.56. The number of carbonyl (C=O) groups excluding carboxylic acids is 1. The van der Waals surface area contributed by atoms with Gasteiger partial charge in [-0.25, -0.2) is 13.2 Å². The lowest BCUT2D eigenvalue weighted by Gasteiger charge is -2.31. The number of esters is 1. The van der Waals surface area contributed by atoms with Crippen LogP contribution in [0.2, 0.25) is 0 Å². The number of benzene rings is 2. The molecule has 1 unspecified atom stereocenters. The first-order valence-electron chi connectivity index (χ1n) is 9.58. The van der Waals surface area contributed by atoms with E-state index < -0.39 is 33.2 Å². The van der Waals surface area contributed by atoms with E-state index in [1.54, 1.807) is 31.2 Å².